The van der Waals surface area contributed by atoms with Crippen molar-refractivity contribution in [3.63, 3.8) is 0 Å². The summed E-state index contributed by atoms with van der Waals surface area (Å²) in [5.41, 5.74) is 0.821. The van der Waals surface area contributed by atoms with Crippen LogP contribution in [0.1, 0.15) is 62.0 Å². The second-order valence-electron chi connectivity index (χ2n) is 13.0. The van der Waals surface area contributed by atoms with Crippen molar-refractivity contribution in [1.82, 2.24) is 14.7 Å². The average Bonchev–Trinajstić information content (AvgIpc) is 3.36. The van der Waals surface area contributed by atoms with E-state index in [2.05, 4.69) is 4.90 Å². The number of morpholine rings is 1. The van der Waals surface area contributed by atoms with Crippen molar-refractivity contribution in [3.05, 3.63) is 59.5 Å². The molecule has 5 aliphatic rings. The highest BCUT2D eigenvalue weighted by Gasteiger charge is 2.55. The van der Waals surface area contributed by atoms with E-state index in [-0.39, 0.29) is 23.8 Å². The van der Waals surface area contributed by atoms with Gasteiger partial charge in [0.2, 0.25) is 11.8 Å². The van der Waals surface area contributed by atoms with E-state index in [0.717, 1.165) is 75.6 Å². The SMILES string of the molecule is Cc1ccc(CN(Cc2ccccc2)C(=O)CN(CCCN2CCOCC2)C(=O)C23CC4CC(CC(C4)C2)C3)o1. The number of aryl methyl sites for hydroxylation is 1. The minimum atomic E-state index is -0.254. The van der Waals surface area contributed by atoms with Crippen LogP contribution in [0.3, 0.4) is 0 Å². The van der Waals surface area contributed by atoms with E-state index in [4.69, 9.17) is 9.15 Å². The lowest BCUT2D eigenvalue weighted by atomic mass is 9.49. The summed E-state index contributed by atoms with van der Waals surface area (Å²) in [6, 6.07) is 14.0. The monoisotopic (exact) mass is 547 g/mol. The Morgan fingerprint density at radius 1 is 0.900 bits per heavy atom. The van der Waals surface area contributed by atoms with Gasteiger partial charge in [0.25, 0.3) is 0 Å². The highest BCUT2D eigenvalue weighted by Crippen LogP contribution is 2.60. The van der Waals surface area contributed by atoms with Crippen LogP contribution in [0.25, 0.3) is 0 Å². The van der Waals surface area contributed by atoms with E-state index < -0.39 is 0 Å². The standard InChI is InChI=1S/C33H45N3O4/c1-25-8-9-30(40-25)23-36(22-26-6-3-2-4-7-26)31(37)24-35(11-5-10-34-12-14-39-15-13-34)32(38)33-19-27-16-28(20-33)18-29(17-27)21-33/h2-4,6-9,27-29H,5,10-24H2,1H3. The molecule has 1 aromatic carbocycles. The third kappa shape index (κ3) is 6.31. The molecule has 5 fully saturated rings. The summed E-state index contributed by atoms with van der Waals surface area (Å²) in [6.07, 6.45) is 7.84. The van der Waals surface area contributed by atoms with Gasteiger partial charge in [0.1, 0.15) is 11.5 Å². The Morgan fingerprint density at radius 3 is 2.20 bits per heavy atom. The van der Waals surface area contributed by atoms with Gasteiger partial charge >= 0.3 is 0 Å². The molecule has 0 N–H and O–H groups in total. The first-order chi connectivity index (χ1) is 19.5. The van der Waals surface area contributed by atoms with Gasteiger partial charge in [-0.2, -0.15) is 0 Å². The van der Waals surface area contributed by atoms with E-state index >= 15 is 0 Å². The number of carbonyl (C=O) groups excluding carboxylic acids is 2. The Labute approximate surface area is 238 Å². The summed E-state index contributed by atoms with van der Waals surface area (Å²) >= 11 is 0. The average molecular weight is 548 g/mol. The largest absolute Gasteiger partial charge is 0.464 e. The zero-order valence-electron chi connectivity index (χ0n) is 24.1. The number of hydrogen-bond acceptors (Lipinski definition) is 5. The van der Waals surface area contributed by atoms with Crippen molar-refractivity contribution in [2.24, 2.45) is 23.2 Å². The summed E-state index contributed by atoms with van der Waals surface area (Å²) in [4.78, 5) is 34.7. The number of carbonyl (C=O) groups is 2. The third-order valence-corrected chi connectivity index (χ3v) is 9.82. The molecule has 4 aliphatic carbocycles. The Bertz CT molecular complexity index is 1120. The van der Waals surface area contributed by atoms with Crippen LogP contribution in [0.15, 0.2) is 46.9 Å². The van der Waals surface area contributed by atoms with E-state index in [0.29, 0.717) is 37.4 Å². The van der Waals surface area contributed by atoms with Crippen LogP contribution >= 0.6 is 0 Å². The Balaban J connectivity index is 1.19. The molecule has 40 heavy (non-hydrogen) atoms. The smallest absolute Gasteiger partial charge is 0.242 e. The second kappa shape index (κ2) is 12.1. The number of nitrogens with zero attached hydrogens (tertiary/aromatic N) is 3. The number of rotatable bonds is 11. The van der Waals surface area contributed by atoms with Crippen LogP contribution in [0.2, 0.25) is 0 Å². The van der Waals surface area contributed by atoms with E-state index in [1.165, 1.54) is 19.3 Å². The molecule has 1 aliphatic heterocycles. The molecule has 0 unspecified atom stereocenters. The van der Waals surface area contributed by atoms with Crippen molar-refractivity contribution in [2.45, 2.75) is 65.0 Å². The second-order valence-corrected chi connectivity index (χ2v) is 13.0. The molecule has 0 radical (unpaired) electrons. The number of benzene rings is 1. The molecule has 0 spiro atoms. The Kier molecular flexibility index (Phi) is 8.31. The maximum atomic E-state index is 14.5. The molecule has 216 valence electrons. The first-order valence-corrected chi connectivity index (χ1v) is 15.4. The summed E-state index contributed by atoms with van der Waals surface area (Å²) in [5.74, 6) is 3.92. The molecule has 2 heterocycles. The minimum Gasteiger partial charge on any atom is -0.464 e. The summed E-state index contributed by atoms with van der Waals surface area (Å²) < 4.78 is 11.4. The molecule has 7 heteroatoms. The van der Waals surface area contributed by atoms with Gasteiger partial charge in [-0.25, -0.2) is 0 Å². The van der Waals surface area contributed by atoms with Gasteiger partial charge in [-0.3, -0.25) is 14.5 Å². The quantitative estimate of drug-likeness (QED) is 0.401. The van der Waals surface area contributed by atoms with E-state index in [9.17, 15) is 9.59 Å². The van der Waals surface area contributed by atoms with Crippen LogP contribution in [0.4, 0.5) is 0 Å². The first kappa shape index (κ1) is 27.5. The van der Waals surface area contributed by atoms with Crippen LogP contribution < -0.4 is 0 Å². The molecule has 2 amide bonds. The minimum absolute atomic E-state index is 0.0117. The van der Waals surface area contributed by atoms with Crippen molar-refractivity contribution in [1.29, 1.82) is 0 Å². The van der Waals surface area contributed by atoms with Gasteiger partial charge in [0, 0.05) is 32.7 Å². The Hall–Kier alpha value is -2.64. The predicted octanol–water partition coefficient (Wildman–Crippen LogP) is 4.88. The van der Waals surface area contributed by atoms with Crippen LogP contribution in [-0.4, -0.2) is 72.5 Å². The van der Waals surface area contributed by atoms with Crippen molar-refractivity contribution >= 4 is 11.8 Å². The van der Waals surface area contributed by atoms with Gasteiger partial charge in [-0.05, 0) is 87.3 Å². The highest BCUT2D eigenvalue weighted by atomic mass is 16.5. The summed E-state index contributed by atoms with van der Waals surface area (Å²) in [7, 11) is 0. The lowest BCUT2D eigenvalue weighted by molar-refractivity contribution is -0.160. The molecule has 4 bridgehead atoms. The number of hydrogen-bond donors (Lipinski definition) is 0. The number of amides is 2. The molecule has 1 aromatic heterocycles. The molecule has 7 nitrogen and oxygen atoms in total. The fraction of sp³-hybridized carbons (Fsp3) is 0.636. The molecule has 0 atom stereocenters. The van der Waals surface area contributed by atoms with Crippen molar-refractivity contribution < 1.29 is 18.7 Å². The molecule has 2 aromatic rings. The lowest BCUT2D eigenvalue weighted by Crippen LogP contribution is -2.56. The molecule has 7 rings (SSSR count). The van der Waals surface area contributed by atoms with Crippen LogP contribution in [0.5, 0.6) is 0 Å². The summed E-state index contributed by atoms with van der Waals surface area (Å²) in [6.45, 7) is 7.93. The predicted molar refractivity (Wildman–Crippen MR) is 153 cm³/mol. The van der Waals surface area contributed by atoms with Gasteiger partial charge in [0.15, 0.2) is 0 Å². The number of furan rings is 1. The highest BCUT2D eigenvalue weighted by molar-refractivity contribution is 5.88. The maximum absolute atomic E-state index is 14.5. The zero-order chi connectivity index (χ0) is 27.5. The maximum Gasteiger partial charge on any atom is 0.242 e. The van der Waals surface area contributed by atoms with E-state index in [1.54, 1.807) is 0 Å². The van der Waals surface area contributed by atoms with Crippen molar-refractivity contribution in [2.75, 3.05) is 45.9 Å². The van der Waals surface area contributed by atoms with Gasteiger partial charge < -0.3 is 19.0 Å². The zero-order valence-corrected chi connectivity index (χ0v) is 24.1. The van der Waals surface area contributed by atoms with Crippen LogP contribution in [-0.2, 0) is 27.4 Å². The normalized spacial score (nSPS) is 27.6. The third-order valence-electron chi connectivity index (χ3n) is 9.82. The van der Waals surface area contributed by atoms with Gasteiger partial charge in [0.05, 0.1) is 31.7 Å². The molecular formula is C33H45N3O4. The van der Waals surface area contributed by atoms with Gasteiger partial charge in [-0.15, -0.1) is 0 Å². The fourth-order valence-corrected chi connectivity index (χ4v) is 8.33. The molecule has 1 saturated heterocycles. The van der Waals surface area contributed by atoms with Crippen molar-refractivity contribution in [3.8, 4) is 0 Å². The molecule has 4 saturated carbocycles. The topological polar surface area (TPSA) is 66.2 Å². The van der Waals surface area contributed by atoms with E-state index in [1.807, 2.05) is 59.2 Å². The van der Waals surface area contributed by atoms with Crippen LogP contribution in [0, 0.1) is 30.1 Å². The molecular weight excluding hydrogens is 502 g/mol. The summed E-state index contributed by atoms with van der Waals surface area (Å²) in [5, 5.41) is 0. The fourth-order valence-electron chi connectivity index (χ4n) is 8.33. The Morgan fingerprint density at radius 2 is 1.57 bits per heavy atom. The first-order valence-electron chi connectivity index (χ1n) is 15.4. The number of ether oxygens (including phenoxy) is 1. The van der Waals surface area contributed by atoms with Gasteiger partial charge in [-0.1, -0.05) is 30.3 Å². The lowest BCUT2D eigenvalue weighted by Gasteiger charge is -2.56.